The second kappa shape index (κ2) is 7.62. The number of halogens is 1. The molecule has 0 aliphatic rings. The third kappa shape index (κ3) is 3.86. The highest BCUT2D eigenvalue weighted by Gasteiger charge is 2.16. The van der Waals surface area contributed by atoms with Gasteiger partial charge in [0, 0.05) is 12.6 Å². The fraction of sp³-hybridized carbons (Fsp3) is 0.471. The van der Waals surface area contributed by atoms with Gasteiger partial charge in [0.1, 0.15) is 0 Å². The molecule has 114 valence electrons. The van der Waals surface area contributed by atoms with Gasteiger partial charge >= 0.3 is 0 Å². The van der Waals surface area contributed by atoms with Crippen molar-refractivity contribution < 1.29 is 0 Å². The number of hydrogen-bond donors (Lipinski definition) is 1. The molecule has 0 aliphatic carbocycles. The van der Waals surface area contributed by atoms with Crippen molar-refractivity contribution in [3.05, 3.63) is 52.3 Å². The van der Waals surface area contributed by atoms with Gasteiger partial charge in [-0.2, -0.15) is 5.10 Å². The van der Waals surface area contributed by atoms with Crippen LogP contribution >= 0.6 is 11.6 Å². The van der Waals surface area contributed by atoms with E-state index in [1.165, 1.54) is 5.56 Å². The smallest absolute Gasteiger partial charge is 0.0847 e. The molecule has 1 aromatic carbocycles. The molecule has 1 N–H and O–H groups in total. The van der Waals surface area contributed by atoms with Crippen LogP contribution < -0.4 is 5.32 Å². The molecule has 4 heteroatoms. The first-order valence-corrected chi connectivity index (χ1v) is 8.05. The lowest BCUT2D eigenvalue weighted by molar-refractivity contribution is 0.500. The molecule has 1 atom stereocenters. The molecule has 2 rings (SSSR count). The Morgan fingerprint density at radius 1 is 1.24 bits per heavy atom. The lowest BCUT2D eigenvalue weighted by atomic mass is 10.0. The van der Waals surface area contributed by atoms with Crippen LogP contribution in [0.15, 0.2) is 30.3 Å². The first kappa shape index (κ1) is 16.1. The molecular weight excluding hydrogens is 282 g/mol. The number of nitrogens with one attached hydrogen (secondary N) is 1. The second-order valence-electron chi connectivity index (χ2n) is 5.22. The van der Waals surface area contributed by atoms with Crippen LogP contribution in [0.5, 0.6) is 0 Å². The fourth-order valence-corrected chi connectivity index (χ4v) is 2.94. The van der Waals surface area contributed by atoms with Crippen LogP contribution in [0.1, 0.15) is 43.3 Å². The van der Waals surface area contributed by atoms with Gasteiger partial charge in [-0.3, -0.25) is 4.68 Å². The zero-order valence-electron chi connectivity index (χ0n) is 13.1. The highest BCUT2D eigenvalue weighted by Crippen LogP contribution is 2.25. The number of nitrogens with zero attached hydrogens (tertiary/aromatic N) is 2. The molecule has 0 aliphatic heterocycles. The predicted molar refractivity (Wildman–Crippen MR) is 88.8 cm³/mol. The predicted octanol–water partition coefficient (Wildman–Crippen LogP) is 4.15. The molecule has 0 saturated heterocycles. The third-order valence-corrected chi connectivity index (χ3v) is 4.27. The van der Waals surface area contributed by atoms with Crippen molar-refractivity contribution in [1.29, 1.82) is 0 Å². The average molecular weight is 306 g/mol. The van der Waals surface area contributed by atoms with E-state index in [2.05, 4.69) is 54.6 Å². The highest BCUT2D eigenvalue weighted by atomic mass is 35.5. The monoisotopic (exact) mass is 305 g/mol. The number of rotatable bonds is 7. The van der Waals surface area contributed by atoms with E-state index in [0.29, 0.717) is 6.04 Å². The summed E-state index contributed by atoms with van der Waals surface area (Å²) >= 11 is 6.40. The molecule has 0 fully saturated rings. The lowest BCUT2D eigenvalue weighted by Gasteiger charge is -2.18. The van der Waals surface area contributed by atoms with Crippen LogP contribution in [-0.4, -0.2) is 16.3 Å². The minimum atomic E-state index is 0.354. The highest BCUT2D eigenvalue weighted by molar-refractivity contribution is 6.31. The van der Waals surface area contributed by atoms with E-state index < -0.39 is 0 Å². The largest absolute Gasteiger partial charge is 0.310 e. The second-order valence-corrected chi connectivity index (χ2v) is 5.60. The standard InChI is InChI=1S/C17H24ClN3/c1-4-19-15(14-9-7-6-8-10-14)11-12-16-17(18)13(3)20-21(16)5-2/h6-10,15,19H,4-5,11-12H2,1-3H3. The van der Waals surface area contributed by atoms with Crippen molar-refractivity contribution in [2.45, 2.75) is 46.2 Å². The quantitative estimate of drug-likeness (QED) is 0.833. The van der Waals surface area contributed by atoms with Gasteiger partial charge in [0.15, 0.2) is 0 Å². The molecule has 0 amide bonds. The Morgan fingerprint density at radius 2 is 1.95 bits per heavy atom. The molecule has 0 radical (unpaired) electrons. The Hall–Kier alpha value is -1.32. The minimum Gasteiger partial charge on any atom is -0.310 e. The Labute approximate surface area is 132 Å². The molecule has 1 aromatic heterocycles. The Bertz CT molecular complexity index is 563. The van der Waals surface area contributed by atoms with E-state index in [9.17, 15) is 0 Å². The molecule has 1 heterocycles. The summed E-state index contributed by atoms with van der Waals surface area (Å²) in [4.78, 5) is 0. The van der Waals surface area contributed by atoms with Crippen molar-refractivity contribution in [3.8, 4) is 0 Å². The van der Waals surface area contributed by atoms with Gasteiger partial charge in [0.05, 0.1) is 16.4 Å². The zero-order valence-corrected chi connectivity index (χ0v) is 13.8. The average Bonchev–Trinajstić information content (AvgIpc) is 2.79. The van der Waals surface area contributed by atoms with Crippen molar-refractivity contribution in [2.24, 2.45) is 0 Å². The minimum absolute atomic E-state index is 0.354. The van der Waals surface area contributed by atoms with Gasteiger partial charge in [-0.25, -0.2) is 0 Å². The number of hydrogen-bond acceptors (Lipinski definition) is 2. The van der Waals surface area contributed by atoms with Crippen molar-refractivity contribution in [2.75, 3.05) is 6.54 Å². The third-order valence-electron chi connectivity index (χ3n) is 3.78. The molecule has 1 unspecified atom stereocenters. The van der Waals surface area contributed by atoms with E-state index >= 15 is 0 Å². The molecule has 2 aromatic rings. The van der Waals surface area contributed by atoms with Crippen molar-refractivity contribution >= 4 is 11.6 Å². The number of aromatic nitrogens is 2. The Balaban J connectivity index is 2.12. The summed E-state index contributed by atoms with van der Waals surface area (Å²) in [6.45, 7) is 8.03. The molecular formula is C17H24ClN3. The summed E-state index contributed by atoms with van der Waals surface area (Å²) in [6, 6.07) is 10.9. The van der Waals surface area contributed by atoms with Crippen LogP contribution in [0.4, 0.5) is 0 Å². The number of aryl methyl sites for hydroxylation is 2. The van der Waals surface area contributed by atoms with Crippen LogP contribution in [0.3, 0.4) is 0 Å². The van der Waals surface area contributed by atoms with Gasteiger partial charge in [-0.15, -0.1) is 0 Å². The Morgan fingerprint density at radius 3 is 2.57 bits per heavy atom. The molecule has 0 bridgehead atoms. The topological polar surface area (TPSA) is 29.9 Å². The zero-order chi connectivity index (χ0) is 15.2. The normalized spacial score (nSPS) is 12.6. The van der Waals surface area contributed by atoms with E-state index in [-0.39, 0.29) is 0 Å². The summed E-state index contributed by atoms with van der Waals surface area (Å²) in [5, 5.41) is 8.87. The summed E-state index contributed by atoms with van der Waals surface area (Å²) < 4.78 is 2.02. The fourth-order valence-electron chi connectivity index (χ4n) is 2.71. The van der Waals surface area contributed by atoms with E-state index in [1.54, 1.807) is 0 Å². The van der Waals surface area contributed by atoms with Crippen LogP contribution in [-0.2, 0) is 13.0 Å². The Kier molecular flexibility index (Phi) is 5.83. The molecule has 3 nitrogen and oxygen atoms in total. The molecule has 0 spiro atoms. The maximum absolute atomic E-state index is 6.40. The maximum Gasteiger partial charge on any atom is 0.0847 e. The summed E-state index contributed by atoms with van der Waals surface area (Å²) in [6.07, 6.45) is 1.95. The van der Waals surface area contributed by atoms with Gasteiger partial charge in [0.25, 0.3) is 0 Å². The van der Waals surface area contributed by atoms with Crippen LogP contribution in [0, 0.1) is 6.92 Å². The molecule has 21 heavy (non-hydrogen) atoms. The van der Waals surface area contributed by atoms with Crippen LogP contribution in [0.25, 0.3) is 0 Å². The SMILES string of the molecule is CCNC(CCc1c(Cl)c(C)nn1CC)c1ccccc1. The van der Waals surface area contributed by atoms with Crippen LogP contribution in [0.2, 0.25) is 5.02 Å². The summed E-state index contributed by atoms with van der Waals surface area (Å²) in [7, 11) is 0. The number of benzene rings is 1. The van der Waals surface area contributed by atoms with Gasteiger partial charge in [-0.1, -0.05) is 48.9 Å². The first-order valence-electron chi connectivity index (χ1n) is 7.67. The van der Waals surface area contributed by atoms with E-state index in [4.69, 9.17) is 11.6 Å². The maximum atomic E-state index is 6.40. The van der Waals surface area contributed by atoms with Crippen molar-refractivity contribution in [1.82, 2.24) is 15.1 Å². The first-order chi connectivity index (χ1) is 10.2. The van der Waals surface area contributed by atoms with Crippen molar-refractivity contribution in [3.63, 3.8) is 0 Å². The summed E-state index contributed by atoms with van der Waals surface area (Å²) in [5.41, 5.74) is 3.40. The van der Waals surface area contributed by atoms with E-state index in [0.717, 1.165) is 42.3 Å². The lowest BCUT2D eigenvalue weighted by Crippen LogP contribution is -2.22. The van der Waals surface area contributed by atoms with Gasteiger partial charge in [-0.05, 0) is 38.8 Å². The van der Waals surface area contributed by atoms with E-state index in [1.807, 2.05) is 11.6 Å². The summed E-state index contributed by atoms with van der Waals surface area (Å²) in [5.74, 6) is 0. The van der Waals surface area contributed by atoms with Gasteiger partial charge < -0.3 is 5.32 Å². The molecule has 0 saturated carbocycles. The van der Waals surface area contributed by atoms with Gasteiger partial charge in [0.2, 0.25) is 0 Å².